The number of methoxy groups -OCH3 is 1. The van der Waals surface area contributed by atoms with E-state index in [0.717, 1.165) is 0 Å². The van der Waals surface area contributed by atoms with Gasteiger partial charge < -0.3 is 14.4 Å². The zero-order chi connectivity index (χ0) is 22.9. The van der Waals surface area contributed by atoms with E-state index in [9.17, 15) is 18.0 Å². The van der Waals surface area contributed by atoms with Crippen LogP contribution in [-0.4, -0.2) is 65.2 Å². The standard InChI is InChI=1S/C22H28N2O6S/c1-4-24(19-11-7-6-8-12-19)31(27,28)20-13-9-10-18(16-20)22(26)23(14-15-29-3)17-21(25)30-5-2/h6-13,16H,4-5,14-15,17H2,1-3H3. The molecule has 0 aliphatic heterocycles. The fourth-order valence-electron chi connectivity index (χ4n) is 3.00. The molecule has 1 amide bonds. The summed E-state index contributed by atoms with van der Waals surface area (Å²) < 4.78 is 37.7. The number of anilines is 1. The quantitative estimate of drug-likeness (QED) is 0.491. The molecule has 0 radical (unpaired) electrons. The van der Waals surface area contributed by atoms with Gasteiger partial charge >= 0.3 is 5.97 Å². The number of sulfonamides is 1. The van der Waals surface area contributed by atoms with Crippen molar-refractivity contribution < 1.29 is 27.5 Å². The van der Waals surface area contributed by atoms with Gasteiger partial charge in [-0.2, -0.15) is 0 Å². The lowest BCUT2D eigenvalue weighted by molar-refractivity contribution is -0.143. The van der Waals surface area contributed by atoms with Crippen LogP contribution in [0.15, 0.2) is 59.5 Å². The highest BCUT2D eigenvalue weighted by Crippen LogP contribution is 2.24. The highest BCUT2D eigenvalue weighted by molar-refractivity contribution is 7.92. The van der Waals surface area contributed by atoms with Gasteiger partial charge in [-0.25, -0.2) is 8.42 Å². The van der Waals surface area contributed by atoms with Gasteiger partial charge in [0.25, 0.3) is 15.9 Å². The molecular weight excluding hydrogens is 420 g/mol. The molecule has 0 saturated heterocycles. The Hall–Kier alpha value is -2.91. The van der Waals surface area contributed by atoms with Crippen LogP contribution in [-0.2, 0) is 24.3 Å². The molecule has 0 heterocycles. The number of amides is 1. The van der Waals surface area contributed by atoms with Crippen LogP contribution >= 0.6 is 0 Å². The average Bonchev–Trinajstić information content (AvgIpc) is 2.77. The Morgan fingerprint density at radius 3 is 2.32 bits per heavy atom. The Morgan fingerprint density at radius 1 is 1.00 bits per heavy atom. The fraction of sp³-hybridized carbons (Fsp3) is 0.364. The number of carbonyl (C=O) groups is 2. The van der Waals surface area contributed by atoms with Gasteiger partial charge in [0.05, 0.1) is 23.8 Å². The van der Waals surface area contributed by atoms with Crippen LogP contribution in [0.25, 0.3) is 0 Å². The lowest BCUT2D eigenvalue weighted by Gasteiger charge is -2.24. The summed E-state index contributed by atoms with van der Waals surface area (Å²) in [7, 11) is -2.40. The molecule has 9 heteroatoms. The van der Waals surface area contributed by atoms with Crippen LogP contribution in [0.5, 0.6) is 0 Å². The molecule has 2 aromatic rings. The molecule has 0 unspecified atom stereocenters. The highest BCUT2D eigenvalue weighted by Gasteiger charge is 2.26. The maximum Gasteiger partial charge on any atom is 0.325 e. The first-order valence-corrected chi connectivity index (χ1v) is 11.4. The highest BCUT2D eigenvalue weighted by atomic mass is 32.2. The second kappa shape index (κ2) is 11.5. The Balaban J connectivity index is 2.35. The fourth-order valence-corrected chi connectivity index (χ4v) is 4.52. The zero-order valence-corrected chi connectivity index (χ0v) is 18.8. The predicted molar refractivity (Wildman–Crippen MR) is 118 cm³/mol. The molecule has 0 atom stereocenters. The summed E-state index contributed by atoms with van der Waals surface area (Å²) in [6.07, 6.45) is 0. The van der Waals surface area contributed by atoms with Crippen molar-refractivity contribution in [3.8, 4) is 0 Å². The smallest absolute Gasteiger partial charge is 0.325 e. The van der Waals surface area contributed by atoms with Gasteiger partial charge in [-0.05, 0) is 44.2 Å². The molecule has 0 aliphatic rings. The van der Waals surface area contributed by atoms with Crippen LogP contribution in [0, 0.1) is 0 Å². The Bertz CT molecular complexity index is 979. The number of ether oxygens (including phenoxy) is 2. The summed E-state index contributed by atoms with van der Waals surface area (Å²) in [6, 6.07) is 14.6. The lowest BCUT2D eigenvalue weighted by Crippen LogP contribution is -2.39. The van der Waals surface area contributed by atoms with Crippen LogP contribution in [0.1, 0.15) is 24.2 Å². The van der Waals surface area contributed by atoms with Crippen molar-refractivity contribution in [2.75, 3.05) is 44.3 Å². The van der Waals surface area contributed by atoms with Crippen LogP contribution in [0.3, 0.4) is 0 Å². The first-order valence-electron chi connectivity index (χ1n) is 9.96. The van der Waals surface area contributed by atoms with E-state index < -0.39 is 21.9 Å². The van der Waals surface area contributed by atoms with Crippen LogP contribution in [0.2, 0.25) is 0 Å². The maximum atomic E-state index is 13.3. The molecule has 0 fully saturated rings. The molecule has 168 valence electrons. The number of nitrogens with zero attached hydrogens (tertiary/aromatic N) is 2. The Labute approximate surface area is 183 Å². The van der Waals surface area contributed by atoms with Gasteiger partial charge in [0.2, 0.25) is 0 Å². The minimum absolute atomic E-state index is 0.00752. The number of carbonyl (C=O) groups excluding carboxylic acids is 2. The molecule has 0 saturated carbocycles. The van der Waals surface area contributed by atoms with E-state index in [2.05, 4.69) is 0 Å². The maximum absolute atomic E-state index is 13.3. The third-order valence-corrected chi connectivity index (χ3v) is 6.38. The van der Waals surface area contributed by atoms with Crippen LogP contribution < -0.4 is 4.31 Å². The summed E-state index contributed by atoms with van der Waals surface area (Å²) in [5, 5.41) is 0. The van der Waals surface area contributed by atoms with Gasteiger partial charge in [0.15, 0.2) is 0 Å². The van der Waals surface area contributed by atoms with Gasteiger partial charge in [-0.15, -0.1) is 0 Å². The van der Waals surface area contributed by atoms with Crippen molar-refractivity contribution in [3.63, 3.8) is 0 Å². The van der Waals surface area contributed by atoms with E-state index >= 15 is 0 Å². The number of hydrogen-bond acceptors (Lipinski definition) is 6. The largest absolute Gasteiger partial charge is 0.465 e. The topological polar surface area (TPSA) is 93.2 Å². The number of hydrogen-bond donors (Lipinski definition) is 0. The van der Waals surface area contributed by atoms with E-state index in [0.29, 0.717) is 5.69 Å². The second-order valence-electron chi connectivity index (χ2n) is 6.56. The van der Waals surface area contributed by atoms with Crippen molar-refractivity contribution in [2.24, 2.45) is 0 Å². The summed E-state index contributed by atoms with van der Waals surface area (Å²) in [4.78, 5) is 26.2. The average molecular weight is 449 g/mol. The van der Waals surface area contributed by atoms with E-state index in [4.69, 9.17) is 9.47 Å². The van der Waals surface area contributed by atoms with Crippen molar-refractivity contribution in [1.82, 2.24) is 4.90 Å². The van der Waals surface area contributed by atoms with Crippen LogP contribution in [0.4, 0.5) is 5.69 Å². The molecule has 2 aromatic carbocycles. The lowest BCUT2D eigenvalue weighted by atomic mass is 10.2. The number of para-hydroxylation sites is 1. The minimum atomic E-state index is -3.89. The molecular formula is C22H28N2O6S. The normalized spacial score (nSPS) is 11.1. The van der Waals surface area contributed by atoms with Gasteiger partial charge in [0.1, 0.15) is 6.54 Å². The van der Waals surface area contributed by atoms with Gasteiger partial charge in [-0.1, -0.05) is 24.3 Å². The molecule has 0 aromatic heterocycles. The predicted octanol–water partition coefficient (Wildman–Crippen LogP) is 2.55. The minimum Gasteiger partial charge on any atom is -0.465 e. The third-order valence-electron chi connectivity index (χ3n) is 4.48. The molecule has 31 heavy (non-hydrogen) atoms. The van der Waals surface area contributed by atoms with Gasteiger partial charge in [-0.3, -0.25) is 13.9 Å². The van der Waals surface area contributed by atoms with Crippen molar-refractivity contribution in [2.45, 2.75) is 18.7 Å². The summed E-state index contributed by atoms with van der Waals surface area (Å²) in [5.74, 6) is -1.03. The Kier molecular flexibility index (Phi) is 9.02. The molecule has 0 spiro atoms. The van der Waals surface area contributed by atoms with Gasteiger partial charge in [0, 0.05) is 25.8 Å². The second-order valence-corrected chi connectivity index (χ2v) is 8.42. The summed E-state index contributed by atoms with van der Waals surface area (Å²) in [6.45, 7) is 3.98. The van der Waals surface area contributed by atoms with E-state index in [1.165, 1.54) is 40.6 Å². The first-order chi connectivity index (χ1) is 14.8. The zero-order valence-electron chi connectivity index (χ0n) is 18.0. The number of esters is 1. The summed E-state index contributed by atoms with van der Waals surface area (Å²) >= 11 is 0. The van der Waals surface area contributed by atoms with E-state index in [1.807, 2.05) is 0 Å². The Morgan fingerprint density at radius 2 is 1.71 bits per heavy atom. The van der Waals surface area contributed by atoms with Crippen molar-refractivity contribution in [1.29, 1.82) is 0 Å². The monoisotopic (exact) mass is 448 g/mol. The molecule has 0 bridgehead atoms. The number of rotatable bonds is 11. The molecule has 8 nitrogen and oxygen atoms in total. The number of benzene rings is 2. The van der Waals surface area contributed by atoms with Crippen molar-refractivity contribution in [3.05, 3.63) is 60.2 Å². The molecule has 2 rings (SSSR count). The SMILES string of the molecule is CCOC(=O)CN(CCOC)C(=O)c1cccc(S(=O)(=O)N(CC)c2ccccc2)c1. The van der Waals surface area contributed by atoms with E-state index in [-0.39, 0.29) is 43.3 Å². The molecule has 0 aliphatic carbocycles. The summed E-state index contributed by atoms with van der Waals surface area (Å²) in [5.41, 5.74) is 0.691. The van der Waals surface area contributed by atoms with Crippen molar-refractivity contribution >= 4 is 27.6 Å². The first kappa shape index (κ1) is 24.4. The third kappa shape index (κ3) is 6.28. The molecule has 0 N–H and O–H groups in total. The van der Waals surface area contributed by atoms with E-state index in [1.54, 1.807) is 44.2 Å².